The largest absolute Gasteiger partial charge is 0.462 e. The smallest absolute Gasteiger partial charge is 0.306 e. The van der Waals surface area contributed by atoms with E-state index < -0.39 is 6.10 Å². The third-order valence-corrected chi connectivity index (χ3v) is 10.3. The quantitative estimate of drug-likeness (QED) is 0.0353. The second-order valence-electron chi connectivity index (χ2n) is 16.2. The SMILES string of the molecule is CCCCCCCCCCCCC(=O)O[C@H](COC(=O)CCCCCCCCC)COC(=O)CCCCCCCCCCCCCCCCC(C)C. The first kappa shape index (κ1) is 50.4. The Morgan fingerprint density at radius 2 is 0.635 bits per heavy atom. The van der Waals surface area contributed by atoms with E-state index in [1.807, 2.05) is 0 Å². The van der Waals surface area contributed by atoms with Gasteiger partial charge in [-0.15, -0.1) is 0 Å². The monoisotopic (exact) mass is 737 g/mol. The Morgan fingerprint density at radius 3 is 0.942 bits per heavy atom. The van der Waals surface area contributed by atoms with E-state index in [0.717, 1.165) is 63.7 Å². The molecule has 0 fully saturated rings. The maximum absolute atomic E-state index is 12.6. The van der Waals surface area contributed by atoms with Crippen LogP contribution in [0.5, 0.6) is 0 Å². The average Bonchev–Trinajstić information content (AvgIpc) is 3.12. The number of hydrogen-bond acceptors (Lipinski definition) is 6. The van der Waals surface area contributed by atoms with Gasteiger partial charge in [-0.3, -0.25) is 14.4 Å². The molecule has 0 N–H and O–H groups in total. The maximum Gasteiger partial charge on any atom is 0.306 e. The Labute approximate surface area is 323 Å². The number of ether oxygens (including phenoxy) is 3. The lowest BCUT2D eigenvalue weighted by molar-refractivity contribution is -0.167. The molecule has 52 heavy (non-hydrogen) atoms. The van der Waals surface area contributed by atoms with E-state index in [4.69, 9.17) is 14.2 Å². The molecular formula is C46H88O6. The number of hydrogen-bond donors (Lipinski definition) is 0. The van der Waals surface area contributed by atoms with Gasteiger partial charge in [0.25, 0.3) is 0 Å². The van der Waals surface area contributed by atoms with Gasteiger partial charge < -0.3 is 14.2 Å². The highest BCUT2D eigenvalue weighted by atomic mass is 16.6. The van der Waals surface area contributed by atoms with Crippen LogP contribution in [0.25, 0.3) is 0 Å². The fourth-order valence-electron chi connectivity index (χ4n) is 6.80. The van der Waals surface area contributed by atoms with Crippen LogP contribution in [-0.2, 0) is 28.6 Å². The number of carbonyl (C=O) groups is 3. The molecule has 0 saturated carbocycles. The Morgan fingerprint density at radius 1 is 0.365 bits per heavy atom. The van der Waals surface area contributed by atoms with Crippen LogP contribution in [0.4, 0.5) is 0 Å². The molecule has 1 atom stereocenters. The molecule has 6 nitrogen and oxygen atoms in total. The Balaban J connectivity index is 4.20. The van der Waals surface area contributed by atoms with Crippen LogP contribution in [0, 0.1) is 5.92 Å². The van der Waals surface area contributed by atoms with Crippen LogP contribution < -0.4 is 0 Å². The van der Waals surface area contributed by atoms with E-state index in [1.54, 1.807) is 0 Å². The Bertz CT molecular complexity index is 781. The number of rotatable bonds is 41. The van der Waals surface area contributed by atoms with Gasteiger partial charge in [-0.2, -0.15) is 0 Å². The Kier molecular flexibility index (Phi) is 39.4. The summed E-state index contributed by atoms with van der Waals surface area (Å²) < 4.78 is 16.6. The molecule has 0 radical (unpaired) electrons. The van der Waals surface area contributed by atoms with Gasteiger partial charge in [-0.05, 0) is 25.2 Å². The predicted octanol–water partition coefficient (Wildman–Crippen LogP) is 14.3. The lowest BCUT2D eigenvalue weighted by atomic mass is 10.0. The summed E-state index contributed by atoms with van der Waals surface area (Å²) in [4.78, 5) is 37.5. The predicted molar refractivity (Wildman–Crippen MR) is 220 cm³/mol. The lowest BCUT2D eigenvalue weighted by Crippen LogP contribution is -2.30. The zero-order valence-electron chi connectivity index (χ0n) is 35.3. The van der Waals surface area contributed by atoms with Crippen molar-refractivity contribution in [2.24, 2.45) is 5.92 Å². The van der Waals surface area contributed by atoms with E-state index >= 15 is 0 Å². The van der Waals surface area contributed by atoms with Crippen molar-refractivity contribution in [2.75, 3.05) is 13.2 Å². The van der Waals surface area contributed by atoms with Gasteiger partial charge in [0.2, 0.25) is 0 Å². The fourth-order valence-corrected chi connectivity index (χ4v) is 6.80. The van der Waals surface area contributed by atoms with Crippen molar-refractivity contribution in [3.05, 3.63) is 0 Å². The van der Waals surface area contributed by atoms with Gasteiger partial charge in [0, 0.05) is 19.3 Å². The third kappa shape index (κ3) is 39.6. The summed E-state index contributed by atoms with van der Waals surface area (Å²) in [6.07, 6.45) is 39.5. The van der Waals surface area contributed by atoms with E-state index in [2.05, 4.69) is 27.7 Å². The first-order valence-corrected chi connectivity index (χ1v) is 22.9. The van der Waals surface area contributed by atoms with Crippen LogP contribution in [0.15, 0.2) is 0 Å². The zero-order chi connectivity index (χ0) is 38.2. The highest BCUT2D eigenvalue weighted by molar-refractivity contribution is 5.71. The summed E-state index contributed by atoms with van der Waals surface area (Å²) in [5.74, 6) is -0.0165. The standard InChI is InChI=1S/C46H88O6/c1-5-7-9-11-13-14-22-27-31-35-39-46(49)52-43(40-50-44(47)37-33-29-24-12-10-8-6-2)41-51-45(48)38-34-30-26-23-20-18-16-15-17-19-21-25-28-32-36-42(3)4/h42-43H,5-41H2,1-4H3/t43-/m1/s1. The fraction of sp³-hybridized carbons (Fsp3) is 0.935. The van der Waals surface area contributed by atoms with Crippen LogP contribution in [0.2, 0.25) is 0 Å². The number of carbonyl (C=O) groups excluding carboxylic acids is 3. The van der Waals surface area contributed by atoms with Crippen molar-refractivity contribution in [3.8, 4) is 0 Å². The van der Waals surface area contributed by atoms with Crippen molar-refractivity contribution < 1.29 is 28.6 Å². The minimum absolute atomic E-state index is 0.0640. The van der Waals surface area contributed by atoms with Gasteiger partial charge in [-0.1, -0.05) is 214 Å². The molecule has 0 saturated heterocycles. The molecule has 0 aromatic carbocycles. The van der Waals surface area contributed by atoms with E-state index in [-0.39, 0.29) is 31.1 Å². The van der Waals surface area contributed by atoms with Crippen LogP contribution in [-0.4, -0.2) is 37.2 Å². The highest BCUT2D eigenvalue weighted by Crippen LogP contribution is 2.16. The molecule has 0 heterocycles. The van der Waals surface area contributed by atoms with Gasteiger partial charge in [0.15, 0.2) is 6.10 Å². The summed E-state index contributed by atoms with van der Waals surface area (Å²) in [5.41, 5.74) is 0. The molecule has 0 amide bonds. The molecule has 0 unspecified atom stereocenters. The summed E-state index contributed by atoms with van der Waals surface area (Å²) in [5, 5.41) is 0. The van der Waals surface area contributed by atoms with Crippen molar-refractivity contribution in [3.63, 3.8) is 0 Å². The third-order valence-electron chi connectivity index (χ3n) is 10.3. The summed E-state index contributed by atoms with van der Waals surface area (Å²) in [6.45, 7) is 8.96. The highest BCUT2D eigenvalue weighted by Gasteiger charge is 2.19. The second-order valence-corrected chi connectivity index (χ2v) is 16.2. The van der Waals surface area contributed by atoms with Gasteiger partial charge >= 0.3 is 17.9 Å². The van der Waals surface area contributed by atoms with Crippen LogP contribution in [0.3, 0.4) is 0 Å². The van der Waals surface area contributed by atoms with Crippen LogP contribution >= 0.6 is 0 Å². The average molecular weight is 737 g/mol. The number of unbranched alkanes of at least 4 members (excludes halogenated alkanes) is 28. The molecule has 0 spiro atoms. The van der Waals surface area contributed by atoms with E-state index in [0.29, 0.717) is 19.3 Å². The number of esters is 3. The van der Waals surface area contributed by atoms with Crippen molar-refractivity contribution in [1.29, 1.82) is 0 Å². The lowest BCUT2D eigenvalue weighted by Gasteiger charge is -2.18. The Hall–Kier alpha value is -1.59. The molecule has 6 heteroatoms. The van der Waals surface area contributed by atoms with E-state index in [9.17, 15) is 14.4 Å². The molecule has 0 aromatic heterocycles. The molecule has 0 rings (SSSR count). The molecule has 0 aliphatic rings. The van der Waals surface area contributed by atoms with Crippen LogP contribution in [0.1, 0.15) is 252 Å². The summed E-state index contributed by atoms with van der Waals surface area (Å²) >= 11 is 0. The van der Waals surface area contributed by atoms with Crippen molar-refractivity contribution in [1.82, 2.24) is 0 Å². The summed E-state index contributed by atoms with van der Waals surface area (Å²) in [6, 6.07) is 0. The van der Waals surface area contributed by atoms with Gasteiger partial charge in [0.1, 0.15) is 13.2 Å². The zero-order valence-corrected chi connectivity index (χ0v) is 35.3. The molecule has 0 bridgehead atoms. The van der Waals surface area contributed by atoms with Gasteiger partial charge in [0.05, 0.1) is 0 Å². The first-order chi connectivity index (χ1) is 25.4. The topological polar surface area (TPSA) is 78.9 Å². The minimum Gasteiger partial charge on any atom is -0.462 e. The van der Waals surface area contributed by atoms with Gasteiger partial charge in [-0.25, -0.2) is 0 Å². The molecule has 308 valence electrons. The maximum atomic E-state index is 12.6. The molecule has 0 aromatic rings. The normalized spacial score (nSPS) is 11.9. The van der Waals surface area contributed by atoms with Crippen molar-refractivity contribution >= 4 is 17.9 Å². The van der Waals surface area contributed by atoms with Crippen molar-refractivity contribution in [2.45, 2.75) is 259 Å². The molecule has 0 aliphatic heterocycles. The summed E-state index contributed by atoms with van der Waals surface area (Å²) in [7, 11) is 0. The molecule has 0 aliphatic carbocycles. The minimum atomic E-state index is -0.757. The second kappa shape index (κ2) is 40.6. The first-order valence-electron chi connectivity index (χ1n) is 22.9. The molecular weight excluding hydrogens is 649 g/mol. The van der Waals surface area contributed by atoms with E-state index in [1.165, 1.54) is 148 Å².